The maximum absolute atomic E-state index is 12.2. The van der Waals surface area contributed by atoms with Gasteiger partial charge in [-0.1, -0.05) is 35.0 Å². The van der Waals surface area contributed by atoms with E-state index in [-0.39, 0.29) is 5.91 Å². The number of aryl methyl sites for hydroxylation is 1. The van der Waals surface area contributed by atoms with E-state index >= 15 is 0 Å². The standard InChI is InChI=1S/C15H13ClN2O2/c1-3-4-9-17-15(19)13-10(2)20-18-14(13)11-7-5-6-8-12(11)16/h1,5-8H,4,9H2,2H3,(H,17,19). The molecule has 1 amide bonds. The molecule has 2 rings (SSSR count). The largest absolute Gasteiger partial charge is 0.360 e. The first-order chi connectivity index (χ1) is 9.65. The summed E-state index contributed by atoms with van der Waals surface area (Å²) in [7, 11) is 0. The predicted molar refractivity (Wildman–Crippen MR) is 77.5 cm³/mol. The number of halogens is 1. The number of carbonyl (C=O) groups excluding carboxylic acids is 1. The van der Waals surface area contributed by atoms with Crippen LogP contribution in [0.2, 0.25) is 5.02 Å². The number of nitrogens with zero attached hydrogens (tertiary/aromatic N) is 1. The van der Waals surface area contributed by atoms with Crippen LogP contribution in [-0.4, -0.2) is 17.6 Å². The highest BCUT2D eigenvalue weighted by Gasteiger charge is 2.22. The zero-order valence-corrected chi connectivity index (χ0v) is 11.7. The van der Waals surface area contributed by atoms with Gasteiger partial charge in [0.05, 0.1) is 5.02 Å². The van der Waals surface area contributed by atoms with Crippen LogP contribution in [0.3, 0.4) is 0 Å². The second-order valence-electron chi connectivity index (χ2n) is 4.15. The summed E-state index contributed by atoms with van der Waals surface area (Å²) in [5, 5.41) is 7.18. The molecular weight excluding hydrogens is 276 g/mol. The molecule has 1 aromatic heterocycles. The molecule has 0 atom stereocenters. The number of hydrogen-bond donors (Lipinski definition) is 1. The summed E-state index contributed by atoms with van der Waals surface area (Å²) in [5.41, 5.74) is 1.48. The Morgan fingerprint density at radius 1 is 1.50 bits per heavy atom. The lowest BCUT2D eigenvalue weighted by molar-refractivity contribution is 0.0953. The predicted octanol–water partition coefficient (Wildman–Crippen LogP) is 3.06. The van der Waals surface area contributed by atoms with Gasteiger partial charge < -0.3 is 9.84 Å². The van der Waals surface area contributed by atoms with E-state index in [1.807, 2.05) is 12.1 Å². The first-order valence-electron chi connectivity index (χ1n) is 6.08. The minimum atomic E-state index is -0.270. The Morgan fingerprint density at radius 2 is 2.25 bits per heavy atom. The fourth-order valence-electron chi connectivity index (χ4n) is 1.81. The van der Waals surface area contributed by atoms with Gasteiger partial charge in [0, 0.05) is 18.5 Å². The first kappa shape index (κ1) is 14.2. The van der Waals surface area contributed by atoms with Crippen molar-refractivity contribution < 1.29 is 9.32 Å². The van der Waals surface area contributed by atoms with Crippen molar-refractivity contribution in [2.45, 2.75) is 13.3 Å². The van der Waals surface area contributed by atoms with Crippen molar-refractivity contribution in [2.24, 2.45) is 0 Å². The fraction of sp³-hybridized carbons (Fsp3) is 0.200. The van der Waals surface area contributed by atoms with Crippen LogP contribution in [0.15, 0.2) is 28.8 Å². The minimum Gasteiger partial charge on any atom is -0.360 e. The maximum atomic E-state index is 12.2. The second kappa shape index (κ2) is 6.27. The average molecular weight is 289 g/mol. The number of rotatable bonds is 4. The third-order valence-corrected chi connectivity index (χ3v) is 3.10. The second-order valence-corrected chi connectivity index (χ2v) is 4.56. The van der Waals surface area contributed by atoms with Crippen molar-refractivity contribution in [1.82, 2.24) is 10.5 Å². The van der Waals surface area contributed by atoms with E-state index in [0.717, 1.165) is 0 Å². The monoisotopic (exact) mass is 288 g/mol. The van der Waals surface area contributed by atoms with E-state index in [9.17, 15) is 4.79 Å². The summed E-state index contributed by atoms with van der Waals surface area (Å²) in [6.45, 7) is 2.09. The Balaban J connectivity index is 2.36. The van der Waals surface area contributed by atoms with Crippen molar-refractivity contribution in [3.8, 4) is 23.6 Å². The normalized spacial score (nSPS) is 10.1. The van der Waals surface area contributed by atoms with E-state index in [1.54, 1.807) is 19.1 Å². The summed E-state index contributed by atoms with van der Waals surface area (Å²) >= 11 is 6.13. The molecule has 0 bridgehead atoms. The number of benzene rings is 1. The Hall–Kier alpha value is -2.25. The summed E-state index contributed by atoms with van der Waals surface area (Å²) in [4.78, 5) is 12.2. The summed E-state index contributed by atoms with van der Waals surface area (Å²) < 4.78 is 5.12. The zero-order valence-electron chi connectivity index (χ0n) is 10.9. The smallest absolute Gasteiger partial charge is 0.257 e. The van der Waals surface area contributed by atoms with Gasteiger partial charge in [0.2, 0.25) is 0 Å². The quantitative estimate of drug-likeness (QED) is 0.695. The van der Waals surface area contributed by atoms with Gasteiger partial charge >= 0.3 is 0 Å². The van der Waals surface area contributed by atoms with Crippen LogP contribution in [-0.2, 0) is 0 Å². The summed E-state index contributed by atoms with van der Waals surface area (Å²) in [5.74, 6) is 2.64. The molecule has 4 nitrogen and oxygen atoms in total. The number of hydrogen-bond acceptors (Lipinski definition) is 3. The molecule has 0 unspecified atom stereocenters. The van der Waals surface area contributed by atoms with Gasteiger partial charge in [-0.15, -0.1) is 12.3 Å². The van der Waals surface area contributed by atoms with Gasteiger partial charge in [-0.25, -0.2) is 0 Å². The van der Waals surface area contributed by atoms with Crippen LogP contribution < -0.4 is 5.32 Å². The molecule has 1 heterocycles. The van der Waals surface area contributed by atoms with Crippen LogP contribution in [0.4, 0.5) is 0 Å². The molecule has 1 N–H and O–H groups in total. The van der Waals surface area contributed by atoms with Crippen molar-refractivity contribution in [3.63, 3.8) is 0 Å². The SMILES string of the molecule is C#CCCNC(=O)c1c(-c2ccccc2Cl)noc1C. The molecule has 0 saturated heterocycles. The number of terminal acetylenes is 1. The third-order valence-electron chi connectivity index (χ3n) is 2.77. The molecule has 0 fully saturated rings. The fourth-order valence-corrected chi connectivity index (χ4v) is 2.04. The first-order valence-corrected chi connectivity index (χ1v) is 6.45. The van der Waals surface area contributed by atoms with Gasteiger partial charge in [-0.2, -0.15) is 0 Å². The van der Waals surface area contributed by atoms with E-state index in [1.165, 1.54) is 0 Å². The van der Waals surface area contributed by atoms with Crippen molar-refractivity contribution in [1.29, 1.82) is 0 Å². The van der Waals surface area contributed by atoms with Crippen LogP contribution >= 0.6 is 11.6 Å². The molecular formula is C15H13ClN2O2. The highest BCUT2D eigenvalue weighted by atomic mass is 35.5. The molecule has 0 aliphatic heterocycles. The van der Waals surface area contributed by atoms with E-state index in [4.69, 9.17) is 22.5 Å². The maximum Gasteiger partial charge on any atom is 0.257 e. The average Bonchev–Trinajstić information content (AvgIpc) is 2.81. The van der Waals surface area contributed by atoms with Crippen molar-refractivity contribution in [2.75, 3.05) is 6.54 Å². The van der Waals surface area contributed by atoms with Crippen molar-refractivity contribution in [3.05, 3.63) is 40.6 Å². The van der Waals surface area contributed by atoms with E-state index in [2.05, 4.69) is 16.4 Å². The third kappa shape index (κ3) is 2.84. The van der Waals surface area contributed by atoms with Crippen LogP contribution in [0, 0.1) is 19.3 Å². The molecule has 0 spiro atoms. The summed E-state index contributed by atoms with van der Waals surface area (Å²) in [6.07, 6.45) is 5.62. The van der Waals surface area contributed by atoms with Crippen LogP contribution in [0.25, 0.3) is 11.3 Å². The topological polar surface area (TPSA) is 55.1 Å². The molecule has 5 heteroatoms. The Labute approximate surface area is 122 Å². The molecule has 0 saturated carbocycles. The molecule has 2 aromatic rings. The van der Waals surface area contributed by atoms with E-state index in [0.29, 0.717) is 40.6 Å². The lowest BCUT2D eigenvalue weighted by atomic mass is 10.1. The van der Waals surface area contributed by atoms with Crippen molar-refractivity contribution >= 4 is 17.5 Å². The lowest BCUT2D eigenvalue weighted by Gasteiger charge is -2.05. The molecule has 0 aliphatic carbocycles. The molecule has 0 aliphatic rings. The number of aromatic nitrogens is 1. The lowest BCUT2D eigenvalue weighted by Crippen LogP contribution is -2.25. The number of amides is 1. The minimum absolute atomic E-state index is 0.270. The van der Waals surface area contributed by atoms with Crippen LogP contribution in [0.5, 0.6) is 0 Å². The zero-order chi connectivity index (χ0) is 14.5. The highest BCUT2D eigenvalue weighted by molar-refractivity contribution is 6.33. The molecule has 0 radical (unpaired) electrons. The van der Waals surface area contributed by atoms with Gasteiger partial charge in [-0.05, 0) is 13.0 Å². The van der Waals surface area contributed by atoms with Gasteiger partial charge in [-0.3, -0.25) is 4.79 Å². The molecule has 20 heavy (non-hydrogen) atoms. The van der Waals surface area contributed by atoms with E-state index < -0.39 is 0 Å². The Bertz CT molecular complexity index is 671. The molecule has 102 valence electrons. The van der Waals surface area contributed by atoms with Gasteiger partial charge in [0.15, 0.2) is 0 Å². The Kier molecular flexibility index (Phi) is 4.44. The highest BCUT2D eigenvalue weighted by Crippen LogP contribution is 2.30. The van der Waals surface area contributed by atoms with Gasteiger partial charge in [0.25, 0.3) is 5.91 Å². The number of nitrogens with one attached hydrogen (secondary N) is 1. The Morgan fingerprint density at radius 3 is 2.95 bits per heavy atom. The summed E-state index contributed by atoms with van der Waals surface area (Å²) in [6, 6.07) is 7.16. The number of carbonyl (C=O) groups is 1. The van der Waals surface area contributed by atoms with Crippen LogP contribution in [0.1, 0.15) is 22.5 Å². The van der Waals surface area contributed by atoms with Gasteiger partial charge in [0.1, 0.15) is 17.0 Å². The molecule has 1 aromatic carbocycles.